The maximum Gasteiger partial charge on any atom is 0.0812 e. The second-order valence-electron chi connectivity index (χ2n) is 5.16. The highest BCUT2D eigenvalue weighted by Gasteiger charge is 2.32. The van der Waals surface area contributed by atoms with Crippen molar-refractivity contribution in [3.05, 3.63) is 34.9 Å². The Kier molecular flexibility index (Phi) is 4.08. The van der Waals surface area contributed by atoms with E-state index in [0.29, 0.717) is 6.42 Å². The van der Waals surface area contributed by atoms with Gasteiger partial charge in [0.05, 0.1) is 5.60 Å². The van der Waals surface area contributed by atoms with Gasteiger partial charge in [-0.25, -0.2) is 0 Å². The van der Waals surface area contributed by atoms with Crippen LogP contribution in [0.3, 0.4) is 0 Å². The van der Waals surface area contributed by atoms with Gasteiger partial charge in [0, 0.05) is 17.5 Å². The van der Waals surface area contributed by atoms with Crippen molar-refractivity contribution in [3.63, 3.8) is 0 Å². The fourth-order valence-corrected chi connectivity index (χ4v) is 2.65. The Hall–Kier alpha value is -0.570. The van der Waals surface area contributed by atoms with E-state index in [1.165, 1.54) is 12.8 Å². The van der Waals surface area contributed by atoms with Crippen LogP contribution in [-0.2, 0) is 6.42 Å². The van der Waals surface area contributed by atoms with Crippen LogP contribution in [0.2, 0.25) is 5.02 Å². The summed E-state index contributed by atoms with van der Waals surface area (Å²) in [5.74, 6) is 0. The third-order valence-electron chi connectivity index (χ3n) is 3.54. The third kappa shape index (κ3) is 3.44. The molecule has 0 radical (unpaired) electrons. The molecular weight excluding hydrogens is 234 g/mol. The minimum absolute atomic E-state index is 0.201. The van der Waals surface area contributed by atoms with Gasteiger partial charge in [-0.05, 0) is 44.0 Å². The zero-order chi connectivity index (χ0) is 12.3. The van der Waals surface area contributed by atoms with Crippen LogP contribution in [-0.4, -0.2) is 23.3 Å². The largest absolute Gasteiger partial charge is 0.388 e. The molecule has 17 heavy (non-hydrogen) atoms. The smallest absolute Gasteiger partial charge is 0.0812 e. The minimum atomic E-state index is -0.686. The molecule has 0 amide bonds. The number of piperidine rings is 1. The van der Waals surface area contributed by atoms with E-state index in [9.17, 15) is 5.11 Å². The van der Waals surface area contributed by atoms with Crippen molar-refractivity contribution in [2.24, 2.45) is 0 Å². The summed E-state index contributed by atoms with van der Waals surface area (Å²) >= 11 is 5.86. The molecule has 2 rings (SSSR count). The molecule has 1 heterocycles. The number of hydrogen-bond donors (Lipinski definition) is 2. The Morgan fingerprint density at radius 2 is 2.06 bits per heavy atom. The molecule has 0 aromatic heterocycles. The van der Waals surface area contributed by atoms with E-state index in [-0.39, 0.29) is 6.04 Å². The quantitative estimate of drug-likeness (QED) is 0.868. The van der Waals surface area contributed by atoms with E-state index >= 15 is 0 Å². The molecule has 3 heteroatoms. The Bertz CT molecular complexity index is 355. The normalized spacial score (nSPS) is 24.3. The summed E-state index contributed by atoms with van der Waals surface area (Å²) in [6, 6.07) is 7.92. The fraction of sp³-hybridized carbons (Fsp3) is 0.571. The summed E-state index contributed by atoms with van der Waals surface area (Å²) in [6.45, 7) is 2.94. The number of nitrogens with one attached hydrogen (secondary N) is 1. The number of rotatable bonds is 3. The zero-order valence-corrected chi connectivity index (χ0v) is 11.0. The van der Waals surface area contributed by atoms with Gasteiger partial charge in [-0.1, -0.05) is 30.2 Å². The predicted molar refractivity (Wildman–Crippen MR) is 71.4 cm³/mol. The highest BCUT2D eigenvalue weighted by Crippen LogP contribution is 2.23. The molecule has 0 saturated carbocycles. The molecule has 1 aliphatic heterocycles. The van der Waals surface area contributed by atoms with Crippen molar-refractivity contribution in [1.82, 2.24) is 5.32 Å². The Morgan fingerprint density at radius 3 is 2.65 bits per heavy atom. The molecule has 94 valence electrons. The first kappa shape index (κ1) is 12.9. The van der Waals surface area contributed by atoms with Crippen molar-refractivity contribution in [2.75, 3.05) is 6.54 Å². The first-order chi connectivity index (χ1) is 8.08. The molecule has 1 fully saturated rings. The van der Waals surface area contributed by atoms with Crippen LogP contribution in [0, 0.1) is 0 Å². The highest BCUT2D eigenvalue weighted by atomic mass is 35.5. The lowest BCUT2D eigenvalue weighted by Crippen LogP contribution is -2.52. The van der Waals surface area contributed by atoms with Crippen LogP contribution in [0.1, 0.15) is 31.7 Å². The summed E-state index contributed by atoms with van der Waals surface area (Å²) < 4.78 is 0. The Labute approximate surface area is 108 Å². The zero-order valence-electron chi connectivity index (χ0n) is 10.2. The lowest BCUT2D eigenvalue weighted by Gasteiger charge is -2.36. The van der Waals surface area contributed by atoms with Crippen LogP contribution < -0.4 is 5.32 Å². The molecule has 2 nitrogen and oxygen atoms in total. The minimum Gasteiger partial charge on any atom is -0.388 e. The van der Waals surface area contributed by atoms with Crippen LogP contribution >= 0.6 is 11.6 Å². The molecule has 2 N–H and O–H groups in total. The number of aliphatic hydroxyl groups is 1. The second-order valence-corrected chi connectivity index (χ2v) is 5.60. The summed E-state index contributed by atoms with van der Waals surface area (Å²) in [6.07, 6.45) is 4.14. The molecule has 1 aliphatic rings. The topological polar surface area (TPSA) is 32.3 Å². The Balaban J connectivity index is 2.02. The predicted octanol–water partition coefficient (Wildman–Crippen LogP) is 2.78. The summed E-state index contributed by atoms with van der Waals surface area (Å²) in [5.41, 5.74) is 0.445. The lowest BCUT2D eigenvalue weighted by molar-refractivity contribution is 0.0104. The lowest BCUT2D eigenvalue weighted by atomic mass is 9.84. The van der Waals surface area contributed by atoms with E-state index in [0.717, 1.165) is 23.6 Å². The fourth-order valence-electron chi connectivity index (χ4n) is 2.52. The monoisotopic (exact) mass is 253 g/mol. The van der Waals surface area contributed by atoms with Crippen molar-refractivity contribution in [1.29, 1.82) is 0 Å². The van der Waals surface area contributed by atoms with E-state index in [2.05, 4.69) is 5.32 Å². The SMILES string of the molecule is CC(O)(Cc1ccc(Cl)cc1)C1CCCCN1. The third-order valence-corrected chi connectivity index (χ3v) is 3.79. The number of benzene rings is 1. The summed E-state index contributed by atoms with van der Waals surface area (Å²) in [5, 5.41) is 14.7. The van der Waals surface area contributed by atoms with Gasteiger partial charge >= 0.3 is 0 Å². The van der Waals surface area contributed by atoms with Gasteiger partial charge in [0.2, 0.25) is 0 Å². The molecule has 1 saturated heterocycles. The highest BCUT2D eigenvalue weighted by molar-refractivity contribution is 6.30. The van der Waals surface area contributed by atoms with Gasteiger partial charge in [0.25, 0.3) is 0 Å². The van der Waals surface area contributed by atoms with Gasteiger partial charge in [0.1, 0.15) is 0 Å². The summed E-state index contributed by atoms with van der Waals surface area (Å²) in [4.78, 5) is 0. The molecule has 2 unspecified atom stereocenters. The van der Waals surface area contributed by atoms with Gasteiger partial charge in [-0.3, -0.25) is 0 Å². The van der Waals surface area contributed by atoms with Crippen molar-refractivity contribution in [3.8, 4) is 0 Å². The average Bonchev–Trinajstić information content (AvgIpc) is 2.33. The van der Waals surface area contributed by atoms with E-state index in [1.807, 2.05) is 31.2 Å². The van der Waals surface area contributed by atoms with Crippen LogP contribution in [0.15, 0.2) is 24.3 Å². The molecule has 0 spiro atoms. The number of hydrogen-bond acceptors (Lipinski definition) is 2. The standard InChI is InChI=1S/C14H20ClNO/c1-14(17,13-4-2-3-9-16-13)10-11-5-7-12(15)8-6-11/h5-8,13,16-17H,2-4,9-10H2,1H3. The van der Waals surface area contributed by atoms with Gasteiger partial charge in [0.15, 0.2) is 0 Å². The first-order valence-corrected chi connectivity index (χ1v) is 6.66. The molecule has 2 atom stereocenters. The van der Waals surface area contributed by atoms with Crippen LogP contribution in [0.4, 0.5) is 0 Å². The van der Waals surface area contributed by atoms with E-state index in [4.69, 9.17) is 11.6 Å². The molecule has 1 aromatic rings. The molecular formula is C14H20ClNO. The first-order valence-electron chi connectivity index (χ1n) is 6.28. The maximum absolute atomic E-state index is 10.6. The van der Waals surface area contributed by atoms with E-state index < -0.39 is 5.60 Å². The average molecular weight is 254 g/mol. The van der Waals surface area contributed by atoms with Gasteiger partial charge in [-0.15, -0.1) is 0 Å². The van der Waals surface area contributed by atoms with Gasteiger partial charge in [-0.2, -0.15) is 0 Å². The second kappa shape index (κ2) is 5.38. The Morgan fingerprint density at radius 1 is 1.35 bits per heavy atom. The molecule has 0 bridgehead atoms. The van der Waals surface area contributed by atoms with Crippen molar-refractivity contribution in [2.45, 2.75) is 44.2 Å². The molecule has 1 aromatic carbocycles. The summed E-state index contributed by atoms with van der Waals surface area (Å²) in [7, 11) is 0. The maximum atomic E-state index is 10.6. The van der Waals surface area contributed by atoms with E-state index in [1.54, 1.807) is 0 Å². The molecule has 0 aliphatic carbocycles. The van der Waals surface area contributed by atoms with Crippen molar-refractivity contribution < 1.29 is 5.11 Å². The number of halogens is 1. The van der Waals surface area contributed by atoms with Crippen LogP contribution in [0.25, 0.3) is 0 Å². The van der Waals surface area contributed by atoms with Crippen molar-refractivity contribution >= 4 is 11.6 Å². The van der Waals surface area contributed by atoms with Crippen LogP contribution in [0.5, 0.6) is 0 Å². The van der Waals surface area contributed by atoms with Gasteiger partial charge < -0.3 is 10.4 Å².